The maximum absolute atomic E-state index is 13.3. The average molecular weight is 606 g/mol. The quantitative estimate of drug-likeness (QED) is 0.247. The number of piperazine rings is 1. The number of amides is 2. The van der Waals surface area contributed by atoms with Crippen LogP contribution in [0.1, 0.15) is 64.2 Å². The molecule has 2 aliphatic heterocycles. The van der Waals surface area contributed by atoms with Gasteiger partial charge in [0.2, 0.25) is 11.8 Å². The molecule has 43 heavy (non-hydrogen) atoms. The van der Waals surface area contributed by atoms with Gasteiger partial charge in [-0.25, -0.2) is 0 Å². The van der Waals surface area contributed by atoms with Crippen molar-refractivity contribution in [2.45, 2.75) is 72.0 Å². The van der Waals surface area contributed by atoms with Crippen LogP contribution in [0.4, 0.5) is 30.2 Å². The fourth-order valence-electron chi connectivity index (χ4n) is 5.77. The molecule has 4 rings (SSSR count). The molecule has 2 aromatic rings. The van der Waals surface area contributed by atoms with Crippen LogP contribution < -0.4 is 10.2 Å². The smallest absolute Gasteiger partial charge is 0.382 e. The molecule has 2 heterocycles. The van der Waals surface area contributed by atoms with Crippen LogP contribution in [0.25, 0.3) is 0 Å². The standard InChI is InChI=1S/C30H38F3N5O4.CH4/c1-20-17-23(6-7-24(20)29(2,3)4)35-13-15-37(16-14-35)28(40)19-27(39)36-11-9-21(10-12-36)34-22-5-8-26(38(41)42)25(18-22)30(31,32)33;/h5-8,17-18,21,34H,9-16,19H2,1-4H3;1H4. The average Bonchev–Trinajstić information content (AvgIpc) is 2.92. The zero-order valence-electron chi connectivity index (χ0n) is 24.5. The second-order valence-electron chi connectivity index (χ2n) is 12.1. The number of carbonyl (C=O) groups excluding carboxylic acids is 2. The number of rotatable bonds is 6. The third kappa shape index (κ3) is 8.17. The highest BCUT2D eigenvalue weighted by molar-refractivity contribution is 5.97. The van der Waals surface area contributed by atoms with Gasteiger partial charge in [-0.3, -0.25) is 19.7 Å². The molecule has 0 saturated carbocycles. The summed E-state index contributed by atoms with van der Waals surface area (Å²) in [5.41, 5.74) is 1.57. The van der Waals surface area contributed by atoms with E-state index in [-0.39, 0.29) is 42.8 Å². The molecule has 0 aliphatic carbocycles. The maximum Gasteiger partial charge on any atom is 0.423 e. The summed E-state index contributed by atoms with van der Waals surface area (Å²) in [7, 11) is 0. The lowest BCUT2D eigenvalue weighted by Gasteiger charge is -2.37. The van der Waals surface area contributed by atoms with Crippen LogP contribution in [-0.2, 0) is 21.2 Å². The number of likely N-dealkylation sites (tertiary alicyclic amines) is 1. The Kier molecular flexibility index (Phi) is 10.3. The number of piperidine rings is 1. The lowest BCUT2D eigenvalue weighted by atomic mass is 9.84. The first kappa shape index (κ1) is 33.7. The van der Waals surface area contributed by atoms with E-state index in [0.717, 1.165) is 17.8 Å². The summed E-state index contributed by atoms with van der Waals surface area (Å²) in [6.45, 7) is 11.9. The van der Waals surface area contributed by atoms with Gasteiger partial charge in [0.15, 0.2) is 0 Å². The second kappa shape index (κ2) is 13.2. The molecule has 0 spiro atoms. The van der Waals surface area contributed by atoms with Crippen LogP contribution in [0, 0.1) is 17.0 Å². The van der Waals surface area contributed by atoms with Crippen LogP contribution >= 0.6 is 0 Å². The highest BCUT2D eigenvalue weighted by Crippen LogP contribution is 2.38. The van der Waals surface area contributed by atoms with Crippen molar-refractivity contribution in [2.75, 3.05) is 49.5 Å². The van der Waals surface area contributed by atoms with Gasteiger partial charge in [-0.2, -0.15) is 13.2 Å². The van der Waals surface area contributed by atoms with E-state index in [0.29, 0.717) is 52.1 Å². The van der Waals surface area contributed by atoms with Crippen molar-refractivity contribution < 1.29 is 27.7 Å². The molecule has 2 aromatic carbocycles. The number of nitro benzene ring substituents is 1. The van der Waals surface area contributed by atoms with Gasteiger partial charge in [0.25, 0.3) is 5.69 Å². The Morgan fingerprint density at radius 1 is 0.907 bits per heavy atom. The monoisotopic (exact) mass is 605 g/mol. The van der Waals surface area contributed by atoms with E-state index in [1.807, 2.05) is 0 Å². The largest absolute Gasteiger partial charge is 0.423 e. The molecule has 1 N–H and O–H groups in total. The predicted molar refractivity (Wildman–Crippen MR) is 161 cm³/mol. The number of nitro groups is 1. The van der Waals surface area contributed by atoms with Crippen molar-refractivity contribution in [1.82, 2.24) is 9.80 Å². The van der Waals surface area contributed by atoms with E-state index >= 15 is 0 Å². The molecule has 236 valence electrons. The summed E-state index contributed by atoms with van der Waals surface area (Å²) in [6, 6.07) is 9.13. The minimum atomic E-state index is -4.86. The number of alkyl halides is 3. The zero-order valence-corrected chi connectivity index (χ0v) is 24.5. The number of nitrogens with one attached hydrogen (secondary N) is 1. The molecule has 0 aromatic heterocycles. The molecule has 0 atom stereocenters. The maximum atomic E-state index is 13.3. The van der Waals surface area contributed by atoms with Gasteiger partial charge in [0.1, 0.15) is 12.0 Å². The number of halogens is 3. The number of aryl methyl sites for hydroxylation is 1. The highest BCUT2D eigenvalue weighted by Gasteiger charge is 2.38. The van der Waals surface area contributed by atoms with Crippen LogP contribution in [0.2, 0.25) is 0 Å². The van der Waals surface area contributed by atoms with E-state index in [9.17, 15) is 32.9 Å². The molecule has 0 bridgehead atoms. The molecule has 9 nitrogen and oxygen atoms in total. The van der Waals surface area contributed by atoms with Crippen LogP contribution in [0.5, 0.6) is 0 Å². The Morgan fingerprint density at radius 3 is 2.00 bits per heavy atom. The first-order valence-electron chi connectivity index (χ1n) is 14.2. The summed E-state index contributed by atoms with van der Waals surface area (Å²) < 4.78 is 39.9. The van der Waals surface area contributed by atoms with E-state index in [1.165, 1.54) is 17.2 Å². The topological polar surface area (TPSA) is 99.0 Å². The van der Waals surface area contributed by atoms with Gasteiger partial charge in [-0.15, -0.1) is 0 Å². The van der Waals surface area contributed by atoms with E-state index in [1.54, 1.807) is 9.80 Å². The number of hydrogen-bond donors (Lipinski definition) is 1. The fraction of sp³-hybridized carbons (Fsp3) is 0.548. The molecule has 0 radical (unpaired) electrons. The number of hydrogen-bond acceptors (Lipinski definition) is 6. The van der Waals surface area contributed by atoms with Gasteiger partial charge >= 0.3 is 6.18 Å². The van der Waals surface area contributed by atoms with E-state index in [2.05, 4.69) is 56.1 Å². The predicted octanol–water partition coefficient (Wildman–Crippen LogP) is 6.00. The lowest BCUT2D eigenvalue weighted by Crippen LogP contribution is -2.50. The SMILES string of the molecule is C.Cc1cc(N2CCN(C(=O)CC(=O)N3CCC(Nc4ccc([N+](=O)[O-])c(C(F)(F)F)c4)CC3)CC2)ccc1C(C)(C)C. The van der Waals surface area contributed by atoms with Crippen LogP contribution in [0.3, 0.4) is 0 Å². The number of nitrogens with zero attached hydrogens (tertiary/aromatic N) is 4. The van der Waals surface area contributed by atoms with Crippen molar-refractivity contribution >= 4 is 28.9 Å². The van der Waals surface area contributed by atoms with Crippen molar-refractivity contribution in [3.63, 3.8) is 0 Å². The summed E-state index contributed by atoms with van der Waals surface area (Å²) in [4.78, 5) is 41.3. The van der Waals surface area contributed by atoms with Gasteiger partial charge in [-0.05, 0) is 60.6 Å². The van der Waals surface area contributed by atoms with Crippen molar-refractivity contribution in [3.8, 4) is 0 Å². The zero-order chi connectivity index (χ0) is 30.8. The second-order valence-corrected chi connectivity index (χ2v) is 12.1. The summed E-state index contributed by atoms with van der Waals surface area (Å²) in [5.74, 6) is -0.464. The van der Waals surface area contributed by atoms with Crippen LogP contribution in [0.15, 0.2) is 36.4 Å². The Hall–Kier alpha value is -3.83. The highest BCUT2D eigenvalue weighted by atomic mass is 19.4. The minimum Gasteiger partial charge on any atom is -0.382 e. The summed E-state index contributed by atoms with van der Waals surface area (Å²) in [5, 5.41) is 14.0. The number of anilines is 2. The molecule has 0 unspecified atom stereocenters. The first-order valence-corrected chi connectivity index (χ1v) is 14.2. The van der Waals surface area contributed by atoms with E-state index in [4.69, 9.17) is 0 Å². The van der Waals surface area contributed by atoms with Crippen molar-refractivity contribution in [1.29, 1.82) is 0 Å². The Labute approximate surface area is 251 Å². The third-order valence-electron chi connectivity index (χ3n) is 8.04. The van der Waals surface area contributed by atoms with Gasteiger partial charge < -0.3 is 20.0 Å². The van der Waals surface area contributed by atoms with Crippen molar-refractivity contribution in [2.24, 2.45) is 0 Å². The Bertz CT molecular complexity index is 1330. The minimum absolute atomic E-state index is 0. The summed E-state index contributed by atoms with van der Waals surface area (Å²) >= 11 is 0. The molecule has 2 fully saturated rings. The van der Waals surface area contributed by atoms with Crippen molar-refractivity contribution in [3.05, 3.63) is 63.2 Å². The third-order valence-corrected chi connectivity index (χ3v) is 8.04. The van der Waals surface area contributed by atoms with Gasteiger partial charge in [0, 0.05) is 62.8 Å². The number of carbonyl (C=O) groups is 2. The lowest BCUT2D eigenvalue weighted by molar-refractivity contribution is -0.388. The molecule has 2 amide bonds. The van der Waals surface area contributed by atoms with Crippen LogP contribution in [-0.4, -0.2) is 71.8 Å². The first-order chi connectivity index (χ1) is 19.6. The normalized spacial score (nSPS) is 16.5. The molecular formula is C31H42F3N5O4. The number of benzene rings is 2. The summed E-state index contributed by atoms with van der Waals surface area (Å²) in [6.07, 6.45) is -4.12. The van der Waals surface area contributed by atoms with Gasteiger partial charge in [-0.1, -0.05) is 34.3 Å². The Balaban J connectivity index is 0.00000506. The van der Waals surface area contributed by atoms with Gasteiger partial charge in [0.05, 0.1) is 4.92 Å². The molecule has 2 aliphatic rings. The Morgan fingerprint density at radius 2 is 1.49 bits per heavy atom. The van der Waals surface area contributed by atoms with E-state index < -0.39 is 22.4 Å². The fourth-order valence-corrected chi connectivity index (χ4v) is 5.77. The molecule has 12 heteroatoms. The molecule has 2 saturated heterocycles. The molecular weight excluding hydrogens is 563 g/mol.